The zero-order chi connectivity index (χ0) is 10.3. The fourth-order valence-electron chi connectivity index (χ4n) is 1.91. The van der Waals surface area contributed by atoms with Gasteiger partial charge in [0.25, 0.3) is 0 Å². The third kappa shape index (κ3) is 3.60. The van der Waals surface area contributed by atoms with Gasteiger partial charge in [-0.25, -0.2) is 0 Å². The van der Waals surface area contributed by atoms with Gasteiger partial charge in [-0.3, -0.25) is 0 Å². The highest BCUT2D eigenvalue weighted by molar-refractivity contribution is 4.80. The Balaban J connectivity index is 1.64. The van der Waals surface area contributed by atoms with E-state index in [1.807, 2.05) is 0 Å². The monoisotopic (exact) mass is 210 g/mol. The molecule has 1 fully saturated rings. The highest BCUT2D eigenvalue weighted by atomic mass is 16.5. The first kappa shape index (κ1) is 10.6. The summed E-state index contributed by atoms with van der Waals surface area (Å²) in [5.74, 6) is 0.786. The van der Waals surface area contributed by atoms with Crippen LogP contribution in [0.5, 0.6) is 0 Å². The van der Waals surface area contributed by atoms with E-state index in [2.05, 4.69) is 25.3 Å². The molecule has 2 rings (SSSR count). The van der Waals surface area contributed by atoms with E-state index in [9.17, 15) is 0 Å². The van der Waals surface area contributed by atoms with Crippen molar-refractivity contribution in [2.75, 3.05) is 19.6 Å². The summed E-state index contributed by atoms with van der Waals surface area (Å²) in [4.78, 5) is 3.99. The Morgan fingerprint density at radius 3 is 3.33 bits per heavy atom. The molecule has 1 aliphatic heterocycles. The molecule has 1 aromatic rings. The molecule has 1 aliphatic rings. The van der Waals surface area contributed by atoms with Crippen LogP contribution in [0.15, 0.2) is 10.9 Å². The van der Waals surface area contributed by atoms with Crippen LogP contribution in [0.3, 0.4) is 0 Å². The van der Waals surface area contributed by atoms with Crippen LogP contribution < -0.4 is 10.6 Å². The Labute approximate surface area is 89.6 Å². The second-order valence-electron chi connectivity index (χ2n) is 3.93. The van der Waals surface area contributed by atoms with Gasteiger partial charge in [-0.2, -0.15) is 4.98 Å². The molecule has 84 valence electrons. The lowest BCUT2D eigenvalue weighted by Crippen LogP contribution is -2.31. The largest absolute Gasteiger partial charge is 0.343 e. The minimum Gasteiger partial charge on any atom is -0.343 e. The fraction of sp³-hybridized carbons (Fsp3) is 0.800. The van der Waals surface area contributed by atoms with Gasteiger partial charge >= 0.3 is 0 Å². The molecule has 0 aromatic carbocycles. The van der Waals surface area contributed by atoms with Gasteiger partial charge in [-0.05, 0) is 32.4 Å². The highest BCUT2D eigenvalue weighted by Crippen LogP contribution is 2.04. The number of rotatable bonds is 4. The molecule has 0 bridgehead atoms. The van der Waals surface area contributed by atoms with Crippen LogP contribution >= 0.6 is 0 Å². The van der Waals surface area contributed by atoms with Crippen LogP contribution in [0.4, 0.5) is 0 Å². The first-order chi connectivity index (χ1) is 7.45. The molecule has 2 N–H and O–H groups in total. The van der Waals surface area contributed by atoms with Crippen LogP contribution in [0, 0.1) is 0 Å². The van der Waals surface area contributed by atoms with Crippen LogP contribution in [0.2, 0.25) is 0 Å². The first-order valence-corrected chi connectivity index (χ1v) is 5.64. The van der Waals surface area contributed by atoms with E-state index >= 15 is 0 Å². The van der Waals surface area contributed by atoms with Crippen molar-refractivity contribution in [2.45, 2.75) is 31.7 Å². The second kappa shape index (κ2) is 5.82. The molecule has 1 aromatic heterocycles. The van der Waals surface area contributed by atoms with Crippen molar-refractivity contribution in [3.63, 3.8) is 0 Å². The molecule has 1 atom stereocenters. The summed E-state index contributed by atoms with van der Waals surface area (Å²) >= 11 is 0. The van der Waals surface area contributed by atoms with Crippen molar-refractivity contribution < 1.29 is 4.52 Å². The summed E-state index contributed by atoms with van der Waals surface area (Å²) in [6, 6.07) is 0.645. The molecule has 2 heterocycles. The molecular weight excluding hydrogens is 192 g/mol. The number of nitrogens with zero attached hydrogens (tertiary/aromatic N) is 2. The molecule has 15 heavy (non-hydrogen) atoms. The molecule has 0 saturated carbocycles. The summed E-state index contributed by atoms with van der Waals surface area (Å²) in [6.07, 6.45) is 5.97. The summed E-state index contributed by atoms with van der Waals surface area (Å²) in [5.41, 5.74) is 0. The topological polar surface area (TPSA) is 63.0 Å². The molecule has 5 heteroatoms. The minimum absolute atomic E-state index is 0.645. The maximum Gasteiger partial charge on any atom is 0.213 e. The molecule has 0 aliphatic carbocycles. The number of aromatic nitrogens is 2. The number of hydrogen-bond acceptors (Lipinski definition) is 5. The summed E-state index contributed by atoms with van der Waals surface area (Å²) in [5, 5.41) is 10.7. The third-order valence-corrected chi connectivity index (χ3v) is 2.76. The van der Waals surface area contributed by atoms with Crippen molar-refractivity contribution in [1.82, 2.24) is 20.8 Å². The average molecular weight is 210 g/mol. The van der Waals surface area contributed by atoms with Gasteiger partial charge in [-0.15, -0.1) is 0 Å². The smallest absolute Gasteiger partial charge is 0.213 e. The van der Waals surface area contributed by atoms with E-state index in [1.165, 1.54) is 25.7 Å². The quantitative estimate of drug-likeness (QED) is 0.750. The molecule has 5 nitrogen and oxygen atoms in total. The maximum absolute atomic E-state index is 4.68. The van der Waals surface area contributed by atoms with E-state index < -0.39 is 0 Å². The van der Waals surface area contributed by atoms with E-state index in [0.717, 1.165) is 31.9 Å². The fourth-order valence-corrected chi connectivity index (χ4v) is 1.91. The first-order valence-electron chi connectivity index (χ1n) is 5.64. The summed E-state index contributed by atoms with van der Waals surface area (Å²) in [7, 11) is 0. The van der Waals surface area contributed by atoms with Crippen LogP contribution in [0.25, 0.3) is 0 Å². The third-order valence-electron chi connectivity index (χ3n) is 2.76. The Hall–Kier alpha value is -0.940. The minimum atomic E-state index is 0.645. The van der Waals surface area contributed by atoms with Gasteiger partial charge in [0.1, 0.15) is 0 Å². The van der Waals surface area contributed by atoms with Gasteiger partial charge in [-0.1, -0.05) is 5.16 Å². The Morgan fingerprint density at radius 1 is 1.47 bits per heavy atom. The molecule has 1 unspecified atom stereocenters. The second-order valence-corrected chi connectivity index (χ2v) is 3.93. The summed E-state index contributed by atoms with van der Waals surface area (Å²) in [6.45, 7) is 3.22. The van der Waals surface area contributed by atoms with E-state index in [-0.39, 0.29) is 0 Å². The number of nitrogens with one attached hydrogen (secondary N) is 2. The normalized spacial score (nSPS) is 22.5. The lowest BCUT2D eigenvalue weighted by Gasteiger charge is -2.14. The number of hydrogen-bond donors (Lipinski definition) is 2. The SMILES string of the molecule is c1nc(CCNC2CCCNCC2)no1. The molecule has 0 spiro atoms. The average Bonchev–Trinajstić information content (AvgIpc) is 2.62. The predicted molar refractivity (Wildman–Crippen MR) is 56.5 cm³/mol. The van der Waals surface area contributed by atoms with Crippen molar-refractivity contribution in [2.24, 2.45) is 0 Å². The zero-order valence-corrected chi connectivity index (χ0v) is 8.91. The van der Waals surface area contributed by atoms with Crippen LogP contribution in [0.1, 0.15) is 25.1 Å². The Bertz CT molecular complexity index is 254. The Kier molecular flexibility index (Phi) is 4.11. The predicted octanol–water partition coefficient (Wildman–Crippen LogP) is 0.344. The van der Waals surface area contributed by atoms with Crippen molar-refractivity contribution in [3.05, 3.63) is 12.2 Å². The van der Waals surface area contributed by atoms with E-state index in [4.69, 9.17) is 0 Å². The maximum atomic E-state index is 4.68. The van der Waals surface area contributed by atoms with E-state index in [0.29, 0.717) is 6.04 Å². The molecule has 0 radical (unpaired) electrons. The summed E-state index contributed by atoms with van der Waals surface area (Å²) < 4.78 is 4.68. The van der Waals surface area contributed by atoms with Gasteiger partial charge in [0.15, 0.2) is 5.82 Å². The van der Waals surface area contributed by atoms with Crippen LogP contribution in [-0.2, 0) is 6.42 Å². The lowest BCUT2D eigenvalue weighted by molar-refractivity contribution is 0.406. The standard InChI is InChI=1S/C10H18N4O/c1-2-9(3-6-11-5-1)12-7-4-10-13-8-15-14-10/h8-9,11-12H,1-7H2. The highest BCUT2D eigenvalue weighted by Gasteiger charge is 2.10. The van der Waals surface area contributed by atoms with Gasteiger partial charge in [0, 0.05) is 19.0 Å². The molecule has 0 amide bonds. The lowest BCUT2D eigenvalue weighted by atomic mass is 10.1. The van der Waals surface area contributed by atoms with Crippen molar-refractivity contribution >= 4 is 0 Å². The zero-order valence-electron chi connectivity index (χ0n) is 8.91. The van der Waals surface area contributed by atoms with Crippen molar-refractivity contribution in [1.29, 1.82) is 0 Å². The van der Waals surface area contributed by atoms with Gasteiger partial charge in [0.2, 0.25) is 6.39 Å². The van der Waals surface area contributed by atoms with Crippen LogP contribution in [-0.4, -0.2) is 35.8 Å². The molecular formula is C10H18N4O. The Morgan fingerprint density at radius 2 is 2.47 bits per heavy atom. The molecule has 1 saturated heterocycles. The van der Waals surface area contributed by atoms with E-state index in [1.54, 1.807) is 0 Å². The van der Waals surface area contributed by atoms with Gasteiger partial charge in [0.05, 0.1) is 0 Å². The van der Waals surface area contributed by atoms with Crippen molar-refractivity contribution in [3.8, 4) is 0 Å². The van der Waals surface area contributed by atoms with Gasteiger partial charge < -0.3 is 15.2 Å².